The number of carbonyl (C=O) groups is 1. The van der Waals surface area contributed by atoms with Crippen LogP contribution in [0.2, 0.25) is 5.02 Å². The van der Waals surface area contributed by atoms with Gasteiger partial charge < -0.3 is 14.2 Å². The second-order valence-electron chi connectivity index (χ2n) is 10.5. The summed E-state index contributed by atoms with van der Waals surface area (Å²) in [5, 5.41) is 9.43. The number of hydrogen-bond acceptors (Lipinski definition) is 7. The zero-order chi connectivity index (χ0) is 29.5. The van der Waals surface area contributed by atoms with Crippen LogP contribution in [-0.4, -0.2) is 52.2 Å². The molecule has 3 heterocycles. The average Bonchev–Trinajstić information content (AvgIpc) is 3.82. The number of nitriles is 1. The quantitative estimate of drug-likeness (QED) is 0.301. The normalized spacial score (nSPS) is 17.4. The highest BCUT2D eigenvalue weighted by atomic mass is 35.5. The number of aryl methyl sites for hydroxylation is 1. The average molecular weight is 590 g/mol. The number of hydrogen-bond donors (Lipinski definition) is 0. The minimum atomic E-state index is -0.825. The summed E-state index contributed by atoms with van der Waals surface area (Å²) in [7, 11) is 1.58. The second-order valence-corrected chi connectivity index (χ2v) is 10.9. The topological polar surface area (TPSA) is 91.5 Å². The van der Waals surface area contributed by atoms with Gasteiger partial charge >= 0.3 is 5.97 Å². The first kappa shape index (κ1) is 27.8. The molecule has 0 N–H and O–H groups in total. The van der Waals surface area contributed by atoms with Crippen molar-refractivity contribution in [3.8, 4) is 6.07 Å². The molecule has 1 saturated carbocycles. The van der Waals surface area contributed by atoms with Gasteiger partial charge in [-0.15, -0.1) is 0 Å². The van der Waals surface area contributed by atoms with Gasteiger partial charge in [-0.1, -0.05) is 35.9 Å². The van der Waals surface area contributed by atoms with Crippen LogP contribution in [0.15, 0.2) is 65.5 Å². The van der Waals surface area contributed by atoms with Gasteiger partial charge in [-0.05, 0) is 60.4 Å². The fourth-order valence-electron chi connectivity index (χ4n) is 5.52. The van der Waals surface area contributed by atoms with Crippen LogP contribution in [0.4, 0.5) is 14.5 Å². The molecule has 0 amide bonds. The number of piperazine rings is 1. The van der Waals surface area contributed by atoms with Crippen molar-refractivity contribution in [3.63, 3.8) is 0 Å². The predicted molar refractivity (Wildman–Crippen MR) is 153 cm³/mol. The molecule has 1 atom stereocenters. The Morgan fingerprint density at radius 3 is 2.21 bits per heavy atom. The van der Waals surface area contributed by atoms with Gasteiger partial charge in [0.2, 0.25) is 0 Å². The summed E-state index contributed by atoms with van der Waals surface area (Å²) >= 11 is 6.65. The van der Waals surface area contributed by atoms with Crippen molar-refractivity contribution in [1.82, 2.24) is 14.5 Å². The highest BCUT2D eigenvalue weighted by Gasteiger charge is 2.42. The predicted octanol–water partition coefficient (Wildman–Crippen LogP) is 4.72. The van der Waals surface area contributed by atoms with E-state index in [9.17, 15) is 23.6 Å². The molecule has 4 aromatic rings. The summed E-state index contributed by atoms with van der Waals surface area (Å²) in [6.07, 6.45) is 1.42. The second kappa shape index (κ2) is 11.2. The Labute approximate surface area is 245 Å². The fourth-order valence-corrected chi connectivity index (χ4v) is 5.86. The number of esters is 1. The first-order chi connectivity index (χ1) is 20.2. The van der Waals surface area contributed by atoms with E-state index >= 15 is 0 Å². The Hall–Kier alpha value is -4.33. The Kier molecular flexibility index (Phi) is 7.39. The molecule has 1 unspecified atom stereocenters. The number of pyridine rings is 2. The van der Waals surface area contributed by atoms with Crippen LogP contribution in [0.3, 0.4) is 0 Å². The summed E-state index contributed by atoms with van der Waals surface area (Å²) in [6, 6.07) is 15.9. The van der Waals surface area contributed by atoms with Crippen molar-refractivity contribution in [1.29, 1.82) is 5.26 Å². The molecule has 0 radical (unpaired) electrons. The highest BCUT2D eigenvalue weighted by molar-refractivity contribution is 6.34. The SMILES string of the molecule is Cn1c(=O)c(Cl)c(N2CCN(C(c3ccc(F)cc3)c3ccc(F)cc3)C(C(=O)OC3CC3)C2)c2nc(C#N)ccc21. The molecule has 0 bridgehead atoms. The lowest BCUT2D eigenvalue weighted by atomic mass is 9.94. The molecule has 1 aliphatic carbocycles. The lowest BCUT2D eigenvalue weighted by molar-refractivity contribution is -0.152. The van der Waals surface area contributed by atoms with Gasteiger partial charge in [-0.25, -0.2) is 13.8 Å². The minimum absolute atomic E-state index is 0.0658. The zero-order valence-electron chi connectivity index (χ0n) is 22.6. The minimum Gasteiger partial charge on any atom is -0.461 e. The van der Waals surface area contributed by atoms with E-state index in [1.54, 1.807) is 37.4 Å². The lowest BCUT2D eigenvalue weighted by Gasteiger charge is -2.45. The Bertz CT molecular complexity index is 1720. The molecule has 42 heavy (non-hydrogen) atoms. The molecule has 1 aliphatic heterocycles. The third kappa shape index (κ3) is 5.22. The van der Waals surface area contributed by atoms with Crippen LogP contribution < -0.4 is 10.5 Å². The van der Waals surface area contributed by atoms with Gasteiger partial charge in [-0.3, -0.25) is 14.5 Å². The summed E-state index contributed by atoms with van der Waals surface area (Å²) in [5.74, 6) is -1.24. The first-order valence-corrected chi connectivity index (χ1v) is 13.9. The van der Waals surface area contributed by atoms with Crippen LogP contribution in [0.5, 0.6) is 0 Å². The van der Waals surface area contributed by atoms with Crippen LogP contribution >= 0.6 is 11.6 Å². The monoisotopic (exact) mass is 589 g/mol. The summed E-state index contributed by atoms with van der Waals surface area (Å²) in [5.41, 5.74) is 2.38. The maximum Gasteiger partial charge on any atom is 0.325 e. The number of benzene rings is 2. The molecule has 2 aliphatic rings. The smallest absolute Gasteiger partial charge is 0.325 e. The van der Waals surface area contributed by atoms with E-state index in [4.69, 9.17) is 16.3 Å². The molecule has 214 valence electrons. The van der Waals surface area contributed by atoms with Crippen molar-refractivity contribution >= 4 is 34.3 Å². The van der Waals surface area contributed by atoms with Crippen LogP contribution in [-0.2, 0) is 16.6 Å². The number of halogens is 3. The van der Waals surface area contributed by atoms with Gasteiger partial charge in [0.05, 0.1) is 17.2 Å². The summed E-state index contributed by atoms with van der Waals surface area (Å²) in [4.78, 5) is 35.1. The van der Waals surface area contributed by atoms with Gasteiger partial charge in [0.15, 0.2) is 0 Å². The number of anilines is 1. The van der Waals surface area contributed by atoms with Crippen LogP contribution in [0, 0.1) is 23.0 Å². The number of rotatable bonds is 6. The number of nitrogens with zero attached hydrogens (tertiary/aromatic N) is 5. The summed E-state index contributed by atoms with van der Waals surface area (Å²) < 4.78 is 35.0. The molecule has 2 aromatic heterocycles. The van der Waals surface area contributed by atoms with E-state index in [0.717, 1.165) is 24.0 Å². The molecule has 6 rings (SSSR count). The maximum absolute atomic E-state index is 13.9. The van der Waals surface area contributed by atoms with Crippen molar-refractivity contribution in [2.45, 2.75) is 31.0 Å². The van der Waals surface area contributed by atoms with Crippen molar-refractivity contribution in [3.05, 3.63) is 104 Å². The third-order valence-corrected chi connectivity index (χ3v) is 8.14. The highest BCUT2D eigenvalue weighted by Crippen LogP contribution is 2.37. The number of ether oxygens (including phenoxy) is 1. The molecule has 2 fully saturated rings. The molecule has 11 heteroatoms. The van der Waals surface area contributed by atoms with Crippen molar-refractivity contribution in [2.75, 3.05) is 24.5 Å². The fraction of sp³-hybridized carbons (Fsp3) is 0.290. The van der Waals surface area contributed by atoms with Crippen LogP contribution in [0.25, 0.3) is 11.0 Å². The molecule has 2 aromatic carbocycles. The Balaban J connectivity index is 1.46. The number of aromatic nitrogens is 2. The van der Waals surface area contributed by atoms with Gasteiger partial charge in [-0.2, -0.15) is 5.26 Å². The van der Waals surface area contributed by atoms with E-state index < -0.39 is 35.2 Å². The van der Waals surface area contributed by atoms with E-state index in [-0.39, 0.29) is 23.4 Å². The van der Waals surface area contributed by atoms with Gasteiger partial charge in [0, 0.05) is 26.7 Å². The lowest BCUT2D eigenvalue weighted by Crippen LogP contribution is -2.58. The summed E-state index contributed by atoms with van der Waals surface area (Å²) in [6.45, 7) is 0.756. The molecular weight excluding hydrogens is 564 g/mol. The van der Waals surface area contributed by atoms with E-state index in [1.807, 2.05) is 15.9 Å². The number of carbonyl (C=O) groups excluding carboxylic acids is 1. The van der Waals surface area contributed by atoms with Gasteiger partial charge in [0.25, 0.3) is 5.56 Å². The van der Waals surface area contributed by atoms with E-state index in [1.165, 1.54) is 34.9 Å². The van der Waals surface area contributed by atoms with Crippen LogP contribution in [0.1, 0.15) is 35.7 Å². The standard InChI is InChI=1S/C31H26ClF2N5O3/c1-37-24-13-10-22(16-35)36-27(24)29(26(32)30(37)40)38-14-15-39(25(17-38)31(41)42-23-11-12-23)28(18-2-6-20(33)7-3-18)19-4-8-21(34)9-5-19/h2-10,13,23,25,28H,11-12,14-15,17H2,1H3. The first-order valence-electron chi connectivity index (χ1n) is 13.6. The zero-order valence-corrected chi connectivity index (χ0v) is 23.4. The number of fused-ring (bicyclic) bond motifs is 1. The molecule has 1 saturated heterocycles. The van der Waals surface area contributed by atoms with E-state index in [0.29, 0.717) is 29.8 Å². The Morgan fingerprint density at radius 2 is 1.64 bits per heavy atom. The molecular formula is C31H26ClF2N5O3. The van der Waals surface area contributed by atoms with Crippen molar-refractivity contribution in [2.24, 2.45) is 7.05 Å². The van der Waals surface area contributed by atoms with Crippen molar-refractivity contribution < 1.29 is 18.3 Å². The molecule has 0 spiro atoms. The largest absolute Gasteiger partial charge is 0.461 e. The molecule has 8 nitrogen and oxygen atoms in total. The Morgan fingerprint density at radius 1 is 1.02 bits per heavy atom. The van der Waals surface area contributed by atoms with E-state index in [2.05, 4.69) is 4.98 Å². The van der Waals surface area contributed by atoms with Gasteiger partial charge in [0.1, 0.15) is 46.1 Å². The maximum atomic E-state index is 13.9. The third-order valence-electron chi connectivity index (χ3n) is 7.79.